The Kier molecular flexibility index (Phi) is 3.93. The van der Waals surface area contributed by atoms with Crippen molar-refractivity contribution in [3.63, 3.8) is 0 Å². The lowest BCUT2D eigenvalue weighted by Gasteiger charge is -2.06. The molecule has 1 N–H and O–H groups in total. The standard InChI is InChI=1S/C13H9Cl2NO3/c1-19-13(18)7-4-10(12(17)16-6-7)9-3-2-8(14)5-11(9)15/h2-6H,1H3,(H,16,17). The number of benzene rings is 1. The minimum absolute atomic E-state index is 0.239. The minimum atomic E-state index is -0.539. The number of pyridine rings is 1. The van der Waals surface area contributed by atoms with Crippen molar-refractivity contribution in [2.24, 2.45) is 0 Å². The van der Waals surface area contributed by atoms with Gasteiger partial charge in [-0.25, -0.2) is 4.79 Å². The third-order valence-corrected chi connectivity index (χ3v) is 3.09. The summed E-state index contributed by atoms with van der Waals surface area (Å²) in [5.41, 5.74) is 0.669. The van der Waals surface area contributed by atoms with Gasteiger partial charge in [0.15, 0.2) is 0 Å². The molecule has 0 spiro atoms. The van der Waals surface area contributed by atoms with Crippen LogP contribution in [0.2, 0.25) is 10.0 Å². The molecule has 0 atom stereocenters. The first kappa shape index (κ1) is 13.6. The maximum Gasteiger partial charge on any atom is 0.339 e. The van der Waals surface area contributed by atoms with Crippen molar-refractivity contribution in [3.05, 3.63) is 56.4 Å². The van der Waals surface area contributed by atoms with Crippen molar-refractivity contribution in [2.45, 2.75) is 0 Å². The molecule has 0 radical (unpaired) electrons. The Hall–Kier alpha value is -1.78. The first-order valence-corrected chi connectivity index (χ1v) is 6.05. The fourth-order valence-electron chi connectivity index (χ4n) is 1.63. The Balaban J connectivity index is 2.61. The van der Waals surface area contributed by atoms with Crippen LogP contribution in [0.5, 0.6) is 0 Å². The van der Waals surface area contributed by atoms with Crippen LogP contribution in [-0.2, 0) is 4.74 Å². The third kappa shape index (κ3) is 2.80. The molecule has 1 heterocycles. The van der Waals surface area contributed by atoms with E-state index in [9.17, 15) is 9.59 Å². The molecule has 4 nitrogen and oxygen atoms in total. The molecule has 98 valence electrons. The second-order valence-corrected chi connectivity index (χ2v) is 4.59. The topological polar surface area (TPSA) is 59.2 Å². The number of esters is 1. The van der Waals surface area contributed by atoms with Crippen molar-refractivity contribution in [1.82, 2.24) is 4.98 Å². The predicted octanol–water partition coefficient (Wildman–Crippen LogP) is 3.14. The van der Waals surface area contributed by atoms with Crippen molar-refractivity contribution < 1.29 is 9.53 Å². The molecule has 0 aliphatic heterocycles. The third-order valence-electron chi connectivity index (χ3n) is 2.55. The summed E-state index contributed by atoms with van der Waals surface area (Å²) < 4.78 is 4.60. The van der Waals surface area contributed by atoms with E-state index in [1.165, 1.54) is 25.4 Å². The minimum Gasteiger partial charge on any atom is -0.465 e. The molecule has 2 rings (SSSR count). The molecule has 0 amide bonds. The van der Waals surface area contributed by atoms with E-state index in [-0.39, 0.29) is 16.7 Å². The number of hydrogen-bond donors (Lipinski definition) is 1. The van der Waals surface area contributed by atoms with Gasteiger partial charge in [0.25, 0.3) is 5.56 Å². The number of halogens is 2. The van der Waals surface area contributed by atoms with Gasteiger partial charge in [0.2, 0.25) is 0 Å². The Morgan fingerprint density at radius 1 is 1.21 bits per heavy atom. The second-order valence-electron chi connectivity index (χ2n) is 3.75. The van der Waals surface area contributed by atoms with Gasteiger partial charge in [-0.3, -0.25) is 4.79 Å². The molecule has 6 heteroatoms. The zero-order chi connectivity index (χ0) is 14.0. The largest absolute Gasteiger partial charge is 0.465 e. The van der Waals surface area contributed by atoms with E-state index in [0.717, 1.165) is 0 Å². The summed E-state index contributed by atoms with van der Waals surface area (Å²) in [4.78, 5) is 25.7. The molecule has 0 aliphatic carbocycles. The van der Waals surface area contributed by atoms with E-state index in [0.29, 0.717) is 15.6 Å². The number of carbonyl (C=O) groups excluding carboxylic acids is 1. The first-order valence-electron chi connectivity index (χ1n) is 5.29. The van der Waals surface area contributed by atoms with Crippen LogP contribution in [0, 0.1) is 0 Å². The molecule has 1 aromatic carbocycles. The van der Waals surface area contributed by atoms with Crippen molar-refractivity contribution >= 4 is 29.2 Å². The molecule has 0 saturated carbocycles. The number of hydrogen-bond acceptors (Lipinski definition) is 3. The van der Waals surface area contributed by atoms with Crippen LogP contribution in [0.3, 0.4) is 0 Å². The Morgan fingerprint density at radius 3 is 2.58 bits per heavy atom. The zero-order valence-electron chi connectivity index (χ0n) is 9.87. The lowest BCUT2D eigenvalue weighted by atomic mass is 10.1. The number of rotatable bonds is 2. The summed E-state index contributed by atoms with van der Waals surface area (Å²) in [6.07, 6.45) is 1.29. The van der Waals surface area contributed by atoms with Crippen LogP contribution in [0.25, 0.3) is 11.1 Å². The van der Waals surface area contributed by atoms with Crippen molar-refractivity contribution in [1.29, 1.82) is 0 Å². The molecule has 0 fully saturated rings. The molecular formula is C13H9Cl2NO3. The maximum atomic E-state index is 11.8. The number of nitrogens with one attached hydrogen (secondary N) is 1. The Labute approximate surface area is 118 Å². The number of carbonyl (C=O) groups is 1. The van der Waals surface area contributed by atoms with E-state index in [2.05, 4.69) is 9.72 Å². The molecule has 1 aromatic heterocycles. The highest BCUT2D eigenvalue weighted by Crippen LogP contribution is 2.28. The van der Waals surface area contributed by atoms with Crippen molar-refractivity contribution in [3.8, 4) is 11.1 Å². The van der Waals surface area contributed by atoms with E-state index in [1.54, 1.807) is 12.1 Å². The van der Waals surface area contributed by atoms with Gasteiger partial charge in [-0.15, -0.1) is 0 Å². The van der Waals surface area contributed by atoms with Gasteiger partial charge < -0.3 is 9.72 Å². The van der Waals surface area contributed by atoms with Crippen LogP contribution in [0.1, 0.15) is 10.4 Å². The van der Waals surface area contributed by atoms with Gasteiger partial charge >= 0.3 is 5.97 Å². The van der Waals surface area contributed by atoms with Gasteiger partial charge in [-0.2, -0.15) is 0 Å². The summed E-state index contributed by atoms with van der Waals surface area (Å²) in [5, 5.41) is 0.800. The highest BCUT2D eigenvalue weighted by Gasteiger charge is 2.12. The van der Waals surface area contributed by atoms with E-state index in [4.69, 9.17) is 23.2 Å². The van der Waals surface area contributed by atoms with E-state index < -0.39 is 5.97 Å². The Morgan fingerprint density at radius 2 is 1.95 bits per heavy atom. The van der Waals surface area contributed by atoms with Crippen LogP contribution < -0.4 is 5.56 Å². The average Bonchev–Trinajstić information content (AvgIpc) is 2.39. The number of ether oxygens (including phenoxy) is 1. The van der Waals surface area contributed by atoms with Crippen LogP contribution in [0.4, 0.5) is 0 Å². The van der Waals surface area contributed by atoms with Gasteiger partial charge in [0.05, 0.1) is 17.7 Å². The summed E-state index contributed by atoms with van der Waals surface area (Å²) in [5.74, 6) is -0.539. The SMILES string of the molecule is COC(=O)c1c[nH]c(=O)c(-c2ccc(Cl)cc2Cl)c1. The summed E-state index contributed by atoms with van der Waals surface area (Å²) in [7, 11) is 1.27. The lowest BCUT2D eigenvalue weighted by Crippen LogP contribution is -2.12. The zero-order valence-corrected chi connectivity index (χ0v) is 11.4. The van der Waals surface area contributed by atoms with Gasteiger partial charge in [-0.05, 0) is 18.2 Å². The van der Waals surface area contributed by atoms with Crippen LogP contribution in [-0.4, -0.2) is 18.1 Å². The maximum absolute atomic E-state index is 11.8. The fourth-order valence-corrected chi connectivity index (χ4v) is 2.14. The molecule has 2 aromatic rings. The smallest absolute Gasteiger partial charge is 0.339 e. The van der Waals surface area contributed by atoms with Gasteiger partial charge in [0, 0.05) is 22.3 Å². The molecular weight excluding hydrogens is 289 g/mol. The van der Waals surface area contributed by atoms with Crippen LogP contribution >= 0.6 is 23.2 Å². The predicted molar refractivity (Wildman–Crippen MR) is 73.9 cm³/mol. The fraction of sp³-hybridized carbons (Fsp3) is 0.0769. The number of aromatic amines is 1. The van der Waals surface area contributed by atoms with E-state index in [1.807, 2.05) is 0 Å². The van der Waals surface area contributed by atoms with Crippen LogP contribution in [0.15, 0.2) is 35.3 Å². The first-order chi connectivity index (χ1) is 9.02. The normalized spacial score (nSPS) is 10.3. The molecule has 0 aliphatic rings. The highest BCUT2D eigenvalue weighted by molar-refractivity contribution is 6.36. The van der Waals surface area contributed by atoms with Gasteiger partial charge in [0.1, 0.15) is 0 Å². The monoisotopic (exact) mass is 297 g/mol. The number of methoxy groups -OCH3 is 1. The summed E-state index contributed by atoms with van der Waals surface area (Å²) in [6, 6.07) is 6.20. The molecule has 19 heavy (non-hydrogen) atoms. The van der Waals surface area contributed by atoms with Crippen molar-refractivity contribution in [2.75, 3.05) is 7.11 Å². The Bertz CT molecular complexity index is 695. The molecule has 0 saturated heterocycles. The number of aromatic nitrogens is 1. The second kappa shape index (κ2) is 5.47. The lowest BCUT2D eigenvalue weighted by molar-refractivity contribution is 0.0600. The number of H-pyrrole nitrogens is 1. The quantitative estimate of drug-likeness (QED) is 0.866. The summed E-state index contributed by atoms with van der Waals surface area (Å²) >= 11 is 11.9. The average molecular weight is 298 g/mol. The molecule has 0 bridgehead atoms. The highest BCUT2D eigenvalue weighted by atomic mass is 35.5. The molecule has 0 unspecified atom stereocenters. The van der Waals surface area contributed by atoms with Gasteiger partial charge in [-0.1, -0.05) is 29.3 Å². The summed E-state index contributed by atoms with van der Waals surface area (Å²) in [6.45, 7) is 0. The van der Waals surface area contributed by atoms with E-state index >= 15 is 0 Å².